The number of rotatable bonds is 6. The monoisotopic (exact) mass is 288 g/mol. The molecule has 0 unspecified atom stereocenters. The number of hydrogen-bond donors (Lipinski definition) is 1. The lowest BCUT2D eigenvalue weighted by atomic mass is 9.94. The van der Waals surface area contributed by atoms with E-state index >= 15 is 0 Å². The van der Waals surface area contributed by atoms with Gasteiger partial charge in [0, 0.05) is 18.2 Å². The normalized spacial score (nSPS) is 16.1. The zero-order chi connectivity index (χ0) is 15.1. The lowest BCUT2D eigenvalue weighted by Gasteiger charge is -2.31. The molecule has 1 aromatic rings. The molecule has 1 aromatic carbocycles. The molecule has 0 aromatic heterocycles. The van der Waals surface area contributed by atoms with Crippen LogP contribution in [0.3, 0.4) is 0 Å². The summed E-state index contributed by atoms with van der Waals surface area (Å²) in [5.74, 6) is 0.0495. The lowest BCUT2D eigenvalue weighted by Crippen LogP contribution is -2.35. The van der Waals surface area contributed by atoms with Gasteiger partial charge in [-0.15, -0.1) is 0 Å². The quantitative estimate of drug-likeness (QED) is 0.814. The summed E-state index contributed by atoms with van der Waals surface area (Å²) < 4.78 is 0. The van der Waals surface area contributed by atoms with Gasteiger partial charge in [0.15, 0.2) is 0 Å². The molecule has 0 bridgehead atoms. The maximum Gasteiger partial charge on any atom is 0.251 e. The number of benzene rings is 1. The molecule has 0 aliphatic heterocycles. The van der Waals surface area contributed by atoms with Crippen molar-refractivity contribution in [1.29, 1.82) is 0 Å². The van der Waals surface area contributed by atoms with Crippen molar-refractivity contribution >= 4 is 5.91 Å². The summed E-state index contributed by atoms with van der Waals surface area (Å²) in [4.78, 5) is 14.6. The van der Waals surface area contributed by atoms with E-state index in [1.165, 1.54) is 32.1 Å². The zero-order valence-electron chi connectivity index (χ0n) is 13.4. The highest BCUT2D eigenvalue weighted by atomic mass is 16.1. The van der Waals surface area contributed by atoms with Crippen LogP contribution < -0.4 is 5.32 Å². The summed E-state index contributed by atoms with van der Waals surface area (Å²) in [6.07, 6.45) is 7.84. The Kier molecular flexibility index (Phi) is 6.24. The molecule has 0 heterocycles. The fourth-order valence-electron chi connectivity index (χ4n) is 3.16. The van der Waals surface area contributed by atoms with Crippen LogP contribution in [0.25, 0.3) is 0 Å². The van der Waals surface area contributed by atoms with Crippen LogP contribution in [-0.2, 0) is 0 Å². The molecule has 0 spiro atoms. The second kappa shape index (κ2) is 8.18. The summed E-state index contributed by atoms with van der Waals surface area (Å²) in [5, 5.41) is 3.03. The Labute approximate surface area is 128 Å². The maximum atomic E-state index is 12.1. The van der Waals surface area contributed by atoms with Crippen molar-refractivity contribution in [2.75, 3.05) is 20.1 Å². The fraction of sp³-hybridized carbons (Fsp3) is 0.611. The summed E-state index contributed by atoms with van der Waals surface area (Å²) in [6, 6.07) is 8.50. The largest absolute Gasteiger partial charge is 0.352 e. The van der Waals surface area contributed by atoms with Crippen molar-refractivity contribution < 1.29 is 4.79 Å². The zero-order valence-corrected chi connectivity index (χ0v) is 13.4. The van der Waals surface area contributed by atoms with Gasteiger partial charge in [-0.25, -0.2) is 0 Å². The Hall–Kier alpha value is -1.35. The van der Waals surface area contributed by atoms with Gasteiger partial charge in [0.05, 0.1) is 0 Å². The molecule has 3 heteroatoms. The molecule has 1 amide bonds. The minimum atomic E-state index is 0.0495. The molecular weight excluding hydrogens is 260 g/mol. The number of hydrogen-bond acceptors (Lipinski definition) is 2. The van der Waals surface area contributed by atoms with E-state index in [4.69, 9.17) is 0 Å². The van der Waals surface area contributed by atoms with Crippen LogP contribution in [0.4, 0.5) is 0 Å². The molecule has 1 saturated carbocycles. The highest BCUT2D eigenvalue weighted by Crippen LogP contribution is 2.21. The SMILES string of the molecule is Cc1ccccc1C(=O)NCCCN(C)C1CCCCC1. The Bertz CT molecular complexity index is 452. The van der Waals surface area contributed by atoms with Crippen molar-refractivity contribution in [3.63, 3.8) is 0 Å². The van der Waals surface area contributed by atoms with E-state index in [2.05, 4.69) is 17.3 Å². The van der Waals surface area contributed by atoms with E-state index in [1.807, 2.05) is 31.2 Å². The summed E-state index contributed by atoms with van der Waals surface area (Å²) in [5.41, 5.74) is 1.83. The fourth-order valence-corrected chi connectivity index (χ4v) is 3.16. The number of nitrogens with one attached hydrogen (secondary N) is 1. The highest BCUT2D eigenvalue weighted by molar-refractivity contribution is 5.95. The number of carbonyl (C=O) groups excluding carboxylic acids is 1. The van der Waals surface area contributed by atoms with Gasteiger partial charge < -0.3 is 10.2 Å². The van der Waals surface area contributed by atoms with Gasteiger partial charge in [-0.1, -0.05) is 37.5 Å². The minimum absolute atomic E-state index is 0.0495. The molecule has 116 valence electrons. The van der Waals surface area contributed by atoms with Gasteiger partial charge in [0.25, 0.3) is 5.91 Å². The minimum Gasteiger partial charge on any atom is -0.352 e. The number of amides is 1. The molecule has 3 nitrogen and oxygen atoms in total. The number of nitrogens with zero attached hydrogens (tertiary/aromatic N) is 1. The van der Waals surface area contributed by atoms with Gasteiger partial charge in [-0.05, 0) is 51.4 Å². The molecule has 21 heavy (non-hydrogen) atoms. The summed E-state index contributed by atoms with van der Waals surface area (Å²) >= 11 is 0. The van der Waals surface area contributed by atoms with Gasteiger partial charge in [0.1, 0.15) is 0 Å². The molecule has 1 aliphatic rings. The predicted molar refractivity (Wildman–Crippen MR) is 87.6 cm³/mol. The van der Waals surface area contributed by atoms with Crippen LogP contribution in [0, 0.1) is 6.92 Å². The van der Waals surface area contributed by atoms with E-state index in [0.717, 1.165) is 36.7 Å². The molecule has 1 aliphatic carbocycles. The second-order valence-corrected chi connectivity index (χ2v) is 6.20. The first-order valence-electron chi connectivity index (χ1n) is 8.22. The van der Waals surface area contributed by atoms with Crippen LogP contribution in [0.2, 0.25) is 0 Å². The molecule has 2 rings (SSSR count). The second-order valence-electron chi connectivity index (χ2n) is 6.20. The van der Waals surface area contributed by atoms with Crippen molar-refractivity contribution in [1.82, 2.24) is 10.2 Å². The average molecular weight is 288 g/mol. The summed E-state index contributed by atoms with van der Waals surface area (Å²) in [7, 11) is 2.22. The maximum absolute atomic E-state index is 12.1. The first-order valence-corrected chi connectivity index (χ1v) is 8.22. The highest BCUT2D eigenvalue weighted by Gasteiger charge is 2.17. The Morgan fingerprint density at radius 1 is 1.24 bits per heavy atom. The van der Waals surface area contributed by atoms with Crippen molar-refractivity contribution in [3.05, 3.63) is 35.4 Å². The van der Waals surface area contributed by atoms with E-state index in [9.17, 15) is 4.79 Å². The van der Waals surface area contributed by atoms with Gasteiger partial charge in [0.2, 0.25) is 0 Å². The predicted octanol–water partition coefficient (Wildman–Crippen LogP) is 3.38. The van der Waals surface area contributed by atoms with E-state index in [-0.39, 0.29) is 5.91 Å². The number of carbonyl (C=O) groups is 1. The Morgan fingerprint density at radius 2 is 1.95 bits per heavy atom. The van der Waals surface area contributed by atoms with Crippen LogP contribution in [0.15, 0.2) is 24.3 Å². The van der Waals surface area contributed by atoms with E-state index < -0.39 is 0 Å². The van der Waals surface area contributed by atoms with E-state index in [0.29, 0.717) is 0 Å². The molecule has 1 N–H and O–H groups in total. The van der Waals surface area contributed by atoms with Gasteiger partial charge in [-0.3, -0.25) is 4.79 Å². The smallest absolute Gasteiger partial charge is 0.251 e. The third-order valence-electron chi connectivity index (χ3n) is 4.56. The molecular formula is C18H28N2O. The van der Waals surface area contributed by atoms with Gasteiger partial charge >= 0.3 is 0 Å². The van der Waals surface area contributed by atoms with Gasteiger partial charge in [-0.2, -0.15) is 0 Å². The Morgan fingerprint density at radius 3 is 2.67 bits per heavy atom. The topological polar surface area (TPSA) is 32.3 Å². The van der Waals surface area contributed by atoms with Crippen LogP contribution in [0.1, 0.15) is 54.4 Å². The van der Waals surface area contributed by atoms with Crippen LogP contribution in [-0.4, -0.2) is 37.0 Å². The van der Waals surface area contributed by atoms with E-state index in [1.54, 1.807) is 0 Å². The van der Waals surface area contributed by atoms with Crippen molar-refractivity contribution in [3.8, 4) is 0 Å². The standard InChI is InChI=1S/C18H28N2O/c1-15-9-6-7-12-17(15)18(21)19-13-8-14-20(2)16-10-4-3-5-11-16/h6-7,9,12,16H,3-5,8,10-11,13-14H2,1-2H3,(H,19,21). The molecule has 1 fully saturated rings. The molecule has 0 atom stereocenters. The third kappa shape index (κ3) is 4.85. The molecule has 0 radical (unpaired) electrons. The third-order valence-corrected chi connectivity index (χ3v) is 4.56. The number of aryl methyl sites for hydroxylation is 1. The summed E-state index contributed by atoms with van der Waals surface area (Å²) in [6.45, 7) is 3.80. The Balaban J connectivity index is 1.67. The van der Waals surface area contributed by atoms with Crippen molar-refractivity contribution in [2.45, 2.75) is 51.5 Å². The first kappa shape index (κ1) is 16.0. The van der Waals surface area contributed by atoms with Crippen LogP contribution >= 0.6 is 0 Å². The lowest BCUT2D eigenvalue weighted by molar-refractivity contribution is 0.0950. The first-order chi connectivity index (χ1) is 10.2. The molecule has 0 saturated heterocycles. The van der Waals surface area contributed by atoms with Crippen molar-refractivity contribution in [2.24, 2.45) is 0 Å². The average Bonchev–Trinajstić information content (AvgIpc) is 2.52. The van der Waals surface area contributed by atoms with Crippen LogP contribution in [0.5, 0.6) is 0 Å².